The second-order valence-electron chi connectivity index (χ2n) is 4.37. The topological polar surface area (TPSA) is 61.9 Å². The van der Waals surface area contributed by atoms with Crippen molar-refractivity contribution in [3.8, 4) is 0 Å². The lowest BCUT2D eigenvalue weighted by atomic mass is 10.1. The minimum absolute atomic E-state index is 0.0231. The number of nitrogens with zero attached hydrogens (tertiary/aromatic N) is 2. The molecule has 1 saturated heterocycles. The van der Waals surface area contributed by atoms with Crippen molar-refractivity contribution in [2.45, 2.75) is 25.4 Å². The fraction of sp³-hybridized carbons (Fsp3) is 0.417. The first kappa shape index (κ1) is 13.5. The second-order valence-corrected chi connectivity index (χ2v) is 5.15. The SMILES string of the molecule is N/C(=N/O)C1CCCN1Cc1cccc(Cl)c1Cl. The number of benzene rings is 1. The summed E-state index contributed by atoms with van der Waals surface area (Å²) in [6, 6.07) is 5.55. The molecule has 2 rings (SSSR count). The Balaban J connectivity index is 2.16. The molecule has 1 aromatic carbocycles. The van der Waals surface area contributed by atoms with Gasteiger partial charge in [-0.15, -0.1) is 0 Å². The quantitative estimate of drug-likeness (QED) is 0.389. The van der Waals surface area contributed by atoms with Crippen LogP contribution in [-0.4, -0.2) is 28.5 Å². The lowest BCUT2D eigenvalue weighted by Gasteiger charge is -2.23. The highest BCUT2D eigenvalue weighted by Gasteiger charge is 2.28. The summed E-state index contributed by atoms with van der Waals surface area (Å²) < 4.78 is 0. The van der Waals surface area contributed by atoms with E-state index in [1.54, 1.807) is 6.07 Å². The molecule has 1 aliphatic rings. The Morgan fingerprint density at radius 2 is 2.28 bits per heavy atom. The van der Waals surface area contributed by atoms with Crippen LogP contribution in [0.2, 0.25) is 10.0 Å². The molecule has 4 nitrogen and oxygen atoms in total. The summed E-state index contributed by atoms with van der Waals surface area (Å²) >= 11 is 12.1. The van der Waals surface area contributed by atoms with E-state index in [2.05, 4.69) is 10.1 Å². The number of hydrogen-bond acceptors (Lipinski definition) is 3. The lowest BCUT2D eigenvalue weighted by molar-refractivity contribution is 0.275. The van der Waals surface area contributed by atoms with Crippen LogP contribution in [0, 0.1) is 0 Å². The molecule has 0 aromatic heterocycles. The highest BCUT2D eigenvalue weighted by atomic mass is 35.5. The Morgan fingerprint density at radius 3 is 3.00 bits per heavy atom. The summed E-state index contributed by atoms with van der Waals surface area (Å²) in [6.45, 7) is 1.56. The number of rotatable bonds is 3. The standard InChI is InChI=1S/C12H15Cl2N3O/c13-9-4-1-3-8(11(9)14)7-17-6-2-5-10(17)12(15)16-18/h1,3-4,10,18H,2,5-7H2,(H2,15,16). The van der Waals surface area contributed by atoms with E-state index in [1.807, 2.05) is 12.1 Å². The van der Waals surface area contributed by atoms with E-state index >= 15 is 0 Å². The zero-order valence-electron chi connectivity index (χ0n) is 9.81. The maximum Gasteiger partial charge on any atom is 0.156 e. The molecule has 18 heavy (non-hydrogen) atoms. The van der Waals surface area contributed by atoms with Gasteiger partial charge in [-0.2, -0.15) is 0 Å². The Hall–Kier alpha value is -0.970. The van der Waals surface area contributed by atoms with Crippen molar-refractivity contribution in [2.24, 2.45) is 10.9 Å². The molecule has 6 heteroatoms. The monoisotopic (exact) mass is 287 g/mol. The highest BCUT2D eigenvalue weighted by molar-refractivity contribution is 6.42. The van der Waals surface area contributed by atoms with Gasteiger partial charge in [-0.05, 0) is 31.0 Å². The van der Waals surface area contributed by atoms with Crippen LogP contribution in [0.25, 0.3) is 0 Å². The summed E-state index contributed by atoms with van der Waals surface area (Å²) in [6.07, 6.45) is 1.92. The maximum atomic E-state index is 8.77. The Labute approximate surface area is 116 Å². The van der Waals surface area contributed by atoms with E-state index in [9.17, 15) is 0 Å². The average Bonchev–Trinajstić information content (AvgIpc) is 2.82. The molecule has 0 saturated carbocycles. The first-order valence-corrected chi connectivity index (χ1v) is 6.53. The minimum atomic E-state index is -0.0231. The maximum absolute atomic E-state index is 8.77. The van der Waals surface area contributed by atoms with Crippen molar-refractivity contribution in [1.82, 2.24) is 4.90 Å². The molecule has 0 bridgehead atoms. The van der Waals surface area contributed by atoms with Crippen LogP contribution in [-0.2, 0) is 6.54 Å². The molecule has 0 radical (unpaired) electrons. The summed E-state index contributed by atoms with van der Waals surface area (Å²) in [7, 11) is 0. The lowest BCUT2D eigenvalue weighted by Crippen LogP contribution is -2.40. The zero-order valence-corrected chi connectivity index (χ0v) is 11.3. The Bertz CT molecular complexity index is 465. The molecule has 0 amide bonds. The van der Waals surface area contributed by atoms with Gasteiger partial charge in [0.25, 0.3) is 0 Å². The van der Waals surface area contributed by atoms with Gasteiger partial charge >= 0.3 is 0 Å². The van der Waals surface area contributed by atoms with Gasteiger partial charge in [0.2, 0.25) is 0 Å². The third kappa shape index (κ3) is 2.71. The summed E-state index contributed by atoms with van der Waals surface area (Å²) in [4.78, 5) is 2.15. The van der Waals surface area contributed by atoms with E-state index in [1.165, 1.54) is 0 Å². The smallest absolute Gasteiger partial charge is 0.156 e. The molecular weight excluding hydrogens is 273 g/mol. The molecule has 1 unspecified atom stereocenters. The molecule has 1 fully saturated rings. The summed E-state index contributed by atoms with van der Waals surface area (Å²) in [5, 5.41) is 13.0. The molecule has 1 aliphatic heterocycles. The van der Waals surface area contributed by atoms with Crippen molar-refractivity contribution >= 4 is 29.0 Å². The summed E-state index contributed by atoms with van der Waals surface area (Å²) in [5.74, 6) is 0.255. The zero-order chi connectivity index (χ0) is 13.1. The van der Waals surface area contributed by atoms with Crippen LogP contribution in [0.4, 0.5) is 0 Å². The molecule has 98 valence electrons. The molecule has 0 spiro atoms. The highest BCUT2D eigenvalue weighted by Crippen LogP contribution is 2.28. The van der Waals surface area contributed by atoms with Gasteiger partial charge in [0.15, 0.2) is 5.84 Å². The van der Waals surface area contributed by atoms with Gasteiger partial charge in [-0.25, -0.2) is 0 Å². The normalized spacial score (nSPS) is 21.4. The van der Waals surface area contributed by atoms with E-state index in [4.69, 9.17) is 34.1 Å². The van der Waals surface area contributed by atoms with Gasteiger partial charge in [-0.3, -0.25) is 4.90 Å². The first-order valence-electron chi connectivity index (χ1n) is 5.78. The predicted octanol–water partition coefficient (Wildman–Crippen LogP) is 2.70. The van der Waals surface area contributed by atoms with Gasteiger partial charge in [0.05, 0.1) is 16.1 Å². The van der Waals surface area contributed by atoms with Crippen LogP contribution in [0.1, 0.15) is 18.4 Å². The number of hydrogen-bond donors (Lipinski definition) is 2. The molecule has 0 aliphatic carbocycles. The van der Waals surface area contributed by atoms with E-state index in [-0.39, 0.29) is 11.9 Å². The van der Waals surface area contributed by atoms with Gasteiger partial charge in [0, 0.05) is 6.54 Å². The number of halogens is 2. The molecule has 1 heterocycles. The first-order chi connectivity index (χ1) is 8.63. The molecule has 1 atom stereocenters. The van der Waals surface area contributed by atoms with Gasteiger partial charge in [0.1, 0.15) is 0 Å². The van der Waals surface area contributed by atoms with Crippen LogP contribution in [0.15, 0.2) is 23.4 Å². The molecule has 3 N–H and O–H groups in total. The Morgan fingerprint density at radius 1 is 1.50 bits per heavy atom. The average molecular weight is 288 g/mol. The van der Waals surface area contributed by atoms with Gasteiger partial charge < -0.3 is 10.9 Å². The Kier molecular flexibility index (Phi) is 4.32. The van der Waals surface area contributed by atoms with E-state index in [0.717, 1.165) is 24.9 Å². The van der Waals surface area contributed by atoms with Crippen molar-refractivity contribution in [3.63, 3.8) is 0 Å². The van der Waals surface area contributed by atoms with Crippen molar-refractivity contribution < 1.29 is 5.21 Å². The van der Waals surface area contributed by atoms with Crippen LogP contribution in [0.3, 0.4) is 0 Å². The number of oxime groups is 1. The largest absolute Gasteiger partial charge is 0.409 e. The molecule has 1 aromatic rings. The van der Waals surface area contributed by atoms with E-state index < -0.39 is 0 Å². The third-order valence-electron chi connectivity index (χ3n) is 3.23. The summed E-state index contributed by atoms with van der Waals surface area (Å²) in [5.41, 5.74) is 6.65. The van der Waals surface area contributed by atoms with Crippen molar-refractivity contribution in [3.05, 3.63) is 33.8 Å². The number of nitrogens with two attached hydrogens (primary N) is 1. The van der Waals surface area contributed by atoms with Crippen LogP contribution >= 0.6 is 23.2 Å². The predicted molar refractivity (Wildman–Crippen MR) is 73.3 cm³/mol. The van der Waals surface area contributed by atoms with Crippen LogP contribution < -0.4 is 5.73 Å². The molecular formula is C12H15Cl2N3O. The third-order valence-corrected chi connectivity index (χ3v) is 4.08. The van der Waals surface area contributed by atoms with E-state index in [0.29, 0.717) is 16.6 Å². The number of likely N-dealkylation sites (tertiary alicyclic amines) is 1. The fourth-order valence-corrected chi connectivity index (χ4v) is 2.69. The van der Waals surface area contributed by atoms with Gasteiger partial charge in [-0.1, -0.05) is 40.5 Å². The van der Waals surface area contributed by atoms with Crippen molar-refractivity contribution in [2.75, 3.05) is 6.54 Å². The second kappa shape index (κ2) is 5.78. The minimum Gasteiger partial charge on any atom is -0.409 e. The van der Waals surface area contributed by atoms with Crippen LogP contribution in [0.5, 0.6) is 0 Å². The van der Waals surface area contributed by atoms with Crippen molar-refractivity contribution in [1.29, 1.82) is 0 Å². The fourth-order valence-electron chi connectivity index (χ4n) is 2.31. The number of amidine groups is 1.